The zero-order valence-electron chi connectivity index (χ0n) is 7.60. The molecule has 0 bridgehead atoms. The van der Waals surface area contributed by atoms with E-state index in [1.807, 2.05) is 0 Å². The largest absolute Gasteiger partial charge is 0.383 e. The van der Waals surface area contributed by atoms with Crippen molar-refractivity contribution in [1.29, 1.82) is 0 Å². The predicted molar refractivity (Wildman–Crippen MR) is 55.0 cm³/mol. The highest BCUT2D eigenvalue weighted by molar-refractivity contribution is 7.87. The van der Waals surface area contributed by atoms with Crippen LogP contribution in [0.3, 0.4) is 0 Å². The molecule has 1 heterocycles. The summed E-state index contributed by atoms with van der Waals surface area (Å²) in [6, 6.07) is 3.51. The second-order valence-electron chi connectivity index (χ2n) is 3.12. The van der Waals surface area contributed by atoms with E-state index in [0.717, 1.165) is 0 Å². The van der Waals surface area contributed by atoms with Gasteiger partial charge >= 0.3 is 0 Å². The van der Waals surface area contributed by atoms with Gasteiger partial charge in [-0.1, -0.05) is 6.07 Å². The molecule has 1 unspecified atom stereocenters. The molecular formula is C7H12N2O3S2. The van der Waals surface area contributed by atoms with Gasteiger partial charge in [-0.15, -0.1) is 11.3 Å². The zero-order chi connectivity index (χ0) is 10.8. The Morgan fingerprint density at radius 2 is 2.36 bits per heavy atom. The fourth-order valence-corrected chi connectivity index (χ4v) is 2.18. The molecular weight excluding hydrogens is 224 g/mol. The monoisotopic (exact) mass is 236 g/mol. The van der Waals surface area contributed by atoms with Gasteiger partial charge in [0.05, 0.1) is 0 Å². The summed E-state index contributed by atoms with van der Waals surface area (Å²) < 4.78 is 23.3. The molecule has 80 valence electrons. The highest BCUT2D eigenvalue weighted by atomic mass is 32.2. The van der Waals surface area contributed by atoms with Crippen molar-refractivity contribution in [2.75, 3.05) is 6.54 Å². The van der Waals surface area contributed by atoms with E-state index in [0.29, 0.717) is 4.88 Å². The number of rotatable bonds is 4. The maximum Gasteiger partial charge on any atom is 0.274 e. The van der Waals surface area contributed by atoms with Crippen LogP contribution in [0.1, 0.15) is 11.8 Å². The lowest BCUT2D eigenvalue weighted by molar-refractivity contribution is 0.0666. The van der Waals surface area contributed by atoms with Gasteiger partial charge in [0.1, 0.15) is 5.60 Å². The maximum absolute atomic E-state index is 10.6. The van der Waals surface area contributed by atoms with Crippen LogP contribution in [0.4, 0.5) is 0 Å². The molecule has 1 rings (SSSR count). The number of thiophene rings is 1. The maximum atomic E-state index is 10.6. The van der Waals surface area contributed by atoms with Crippen molar-refractivity contribution in [3.63, 3.8) is 0 Å². The van der Waals surface area contributed by atoms with Gasteiger partial charge in [-0.2, -0.15) is 13.1 Å². The van der Waals surface area contributed by atoms with Gasteiger partial charge in [-0.05, 0) is 18.4 Å². The van der Waals surface area contributed by atoms with E-state index in [1.165, 1.54) is 18.3 Å². The van der Waals surface area contributed by atoms with Crippen LogP contribution in [0.15, 0.2) is 17.5 Å². The molecule has 1 atom stereocenters. The Hall–Kier alpha value is -0.470. The van der Waals surface area contributed by atoms with Gasteiger partial charge in [0.2, 0.25) is 0 Å². The molecule has 0 aromatic carbocycles. The molecule has 5 nitrogen and oxygen atoms in total. The van der Waals surface area contributed by atoms with E-state index in [1.54, 1.807) is 17.5 Å². The Morgan fingerprint density at radius 1 is 1.71 bits per heavy atom. The summed E-state index contributed by atoms with van der Waals surface area (Å²) in [7, 11) is -3.75. The summed E-state index contributed by atoms with van der Waals surface area (Å²) >= 11 is 1.35. The fourth-order valence-electron chi connectivity index (χ4n) is 0.913. The van der Waals surface area contributed by atoms with E-state index < -0.39 is 15.8 Å². The SMILES string of the molecule is CC(O)(CNS(N)(=O)=O)c1cccs1. The molecule has 1 aromatic heterocycles. The van der Waals surface area contributed by atoms with E-state index in [2.05, 4.69) is 4.72 Å². The van der Waals surface area contributed by atoms with Crippen molar-refractivity contribution in [2.45, 2.75) is 12.5 Å². The molecule has 0 saturated carbocycles. The minimum absolute atomic E-state index is 0.133. The van der Waals surface area contributed by atoms with Crippen LogP contribution >= 0.6 is 11.3 Å². The van der Waals surface area contributed by atoms with Crippen molar-refractivity contribution in [3.8, 4) is 0 Å². The van der Waals surface area contributed by atoms with E-state index >= 15 is 0 Å². The van der Waals surface area contributed by atoms with Gasteiger partial charge < -0.3 is 5.11 Å². The highest BCUT2D eigenvalue weighted by Crippen LogP contribution is 2.24. The quantitative estimate of drug-likeness (QED) is 0.673. The van der Waals surface area contributed by atoms with Crippen LogP contribution < -0.4 is 9.86 Å². The lowest BCUT2D eigenvalue weighted by Crippen LogP contribution is -2.41. The van der Waals surface area contributed by atoms with Crippen molar-refractivity contribution in [3.05, 3.63) is 22.4 Å². The summed E-state index contributed by atoms with van der Waals surface area (Å²) in [5.41, 5.74) is -1.22. The molecule has 0 spiro atoms. The molecule has 1 aromatic rings. The van der Waals surface area contributed by atoms with Crippen LogP contribution in [0.2, 0.25) is 0 Å². The highest BCUT2D eigenvalue weighted by Gasteiger charge is 2.25. The molecule has 7 heteroatoms. The topological polar surface area (TPSA) is 92.4 Å². The van der Waals surface area contributed by atoms with Crippen LogP contribution in [0.5, 0.6) is 0 Å². The fraction of sp³-hybridized carbons (Fsp3) is 0.429. The molecule has 0 aliphatic heterocycles. The average Bonchev–Trinajstić information content (AvgIpc) is 2.52. The molecule has 0 aliphatic rings. The van der Waals surface area contributed by atoms with Crippen molar-refractivity contribution in [2.24, 2.45) is 5.14 Å². The number of hydrogen-bond acceptors (Lipinski definition) is 4. The molecule has 14 heavy (non-hydrogen) atoms. The molecule has 0 fully saturated rings. The standard InChI is InChI=1S/C7H12N2O3S2/c1-7(10,5-9-14(8,11)12)6-3-2-4-13-6/h2-4,9-10H,5H2,1H3,(H2,8,11,12). The van der Waals surface area contributed by atoms with Crippen molar-refractivity contribution < 1.29 is 13.5 Å². The third-order valence-electron chi connectivity index (χ3n) is 1.67. The minimum atomic E-state index is -3.75. The first-order valence-corrected chi connectivity index (χ1v) is 6.28. The van der Waals surface area contributed by atoms with Crippen LogP contribution in [-0.4, -0.2) is 20.1 Å². The van der Waals surface area contributed by atoms with Gasteiger partial charge in [0.15, 0.2) is 0 Å². The number of nitrogens with two attached hydrogens (primary N) is 1. The number of hydrogen-bond donors (Lipinski definition) is 3. The van der Waals surface area contributed by atoms with E-state index in [-0.39, 0.29) is 6.54 Å². The third-order valence-corrected chi connectivity index (χ3v) is 3.34. The van der Waals surface area contributed by atoms with Crippen LogP contribution in [-0.2, 0) is 15.8 Å². The Morgan fingerprint density at radius 3 is 2.79 bits per heavy atom. The summed E-state index contributed by atoms with van der Waals surface area (Å²) in [5, 5.41) is 16.4. The summed E-state index contributed by atoms with van der Waals surface area (Å²) in [6.45, 7) is 1.39. The second kappa shape index (κ2) is 3.95. The predicted octanol–water partition coefficient (Wildman–Crippen LogP) is -0.251. The molecule has 0 aliphatic carbocycles. The van der Waals surface area contributed by atoms with E-state index in [4.69, 9.17) is 5.14 Å². The first-order valence-electron chi connectivity index (χ1n) is 3.85. The summed E-state index contributed by atoms with van der Waals surface area (Å²) in [6.07, 6.45) is 0. The zero-order valence-corrected chi connectivity index (χ0v) is 9.23. The average molecular weight is 236 g/mol. The minimum Gasteiger partial charge on any atom is -0.383 e. The lowest BCUT2D eigenvalue weighted by atomic mass is 10.1. The summed E-state index contributed by atoms with van der Waals surface area (Å²) in [5.74, 6) is 0. The Kier molecular flexibility index (Phi) is 3.28. The van der Waals surface area contributed by atoms with Gasteiger partial charge in [-0.25, -0.2) is 5.14 Å². The van der Waals surface area contributed by atoms with Gasteiger partial charge in [0, 0.05) is 11.4 Å². The Balaban J connectivity index is 2.69. The van der Waals surface area contributed by atoms with Gasteiger partial charge in [-0.3, -0.25) is 0 Å². The Bertz CT molecular complexity index is 383. The lowest BCUT2D eigenvalue weighted by Gasteiger charge is -2.21. The van der Waals surface area contributed by atoms with E-state index in [9.17, 15) is 13.5 Å². The summed E-state index contributed by atoms with van der Waals surface area (Å²) in [4.78, 5) is 0.689. The third kappa shape index (κ3) is 3.35. The first kappa shape index (κ1) is 11.6. The normalized spacial score (nSPS) is 16.5. The first-order chi connectivity index (χ1) is 6.31. The second-order valence-corrected chi connectivity index (χ2v) is 5.44. The van der Waals surface area contributed by atoms with Crippen molar-refractivity contribution in [1.82, 2.24) is 4.72 Å². The smallest absolute Gasteiger partial charge is 0.274 e. The number of nitrogens with one attached hydrogen (secondary N) is 1. The number of aliphatic hydroxyl groups is 1. The Labute approximate surface area is 86.7 Å². The molecule has 0 amide bonds. The molecule has 0 saturated heterocycles. The van der Waals surface area contributed by atoms with Gasteiger partial charge in [0.25, 0.3) is 10.2 Å². The van der Waals surface area contributed by atoms with Crippen LogP contribution in [0, 0.1) is 0 Å². The molecule has 0 radical (unpaired) electrons. The van der Waals surface area contributed by atoms with Crippen molar-refractivity contribution >= 4 is 21.5 Å². The molecule has 4 N–H and O–H groups in total. The van der Waals surface area contributed by atoms with Crippen LogP contribution in [0.25, 0.3) is 0 Å².